The summed E-state index contributed by atoms with van der Waals surface area (Å²) in [5.41, 5.74) is 7.67. The van der Waals surface area contributed by atoms with Gasteiger partial charge in [0.2, 0.25) is 0 Å². The molecule has 0 amide bonds. The van der Waals surface area contributed by atoms with Gasteiger partial charge in [-0.05, 0) is 48.9 Å². The first-order valence-electron chi connectivity index (χ1n) is 5.44. The third-order valence-electron chi connectivity index (χ3n) is 3.43. The van der Waals surface area contributed by atoms with Crippen LogP contribution in [0, 0.1) is 5.41 Å². The molecule has 0 radical (unpaired) electrons. The smallest absolute Gasteiger partial charge is 0.0270 e. The van der Waals surface area contributed by atoms with E-state index in [1.54, 1.807) is 0 Å². The van der Waals surface area contributed by atoms with E-state index in [1.165, 1.54) is 31.2 Å². The van der Waals surface area contributed by atoms with Crippen molar-refractivity contribution in [2.24, 2.45) is 11.1 Å². The fraction of sp³-hybridized carbons (Fsp3) is 0.583. The van der Waals surface area contributed by atoms with Crippen LogP contribution < -0.4 is 5.73 Å². The summed E-state index contributed by atoms with van der Waals surface area (Å²) >= 11 is 0. The molecule has 0 unspecified atom stereocenters. The minimum absolute atomic E-state index is 0.390. The number of nitrogens with zero attached hydrogens (tertiary/aromatic N) is 1. The summed E-state index contributed by atoms with van der Waals surface area (Å²) in [5, 5.41) is 0. The van der Waals surface area contributed by atoms with Crippen molar-refractivity contribution in [3.05, 3.63) is 30.1 Å². The van der Waals surface area contributed by atoms with Crippen molar-refractivity contribution < 1.29 is 0 Å². The van der Waals surface area contributed by atoms with Gasteiger partial charge < -0.3 is 5.73 Å². The van der Waals surface area contributed by atoms with Crippen LogP contribution in [0.3, 0.4) is 0 Å². The van der Waals surface area contributed by atoms with Gasteiger partial charge in [0.05, 0.1) is 0 Å². The van der Waals surface area contributed by atoms with Crippen molar-refractivity contribution in [3.63, 3.8) is 0 Å². The summed E-state index contributed by atoms with van der Waals surface area (Å²) in [6, 6.07) is 4.21. The van der Waals surface area contributed by atoms with E-state index in [-0.39, 0.29) is 0 Å². The molecule has 1 aliphatic rings. The molecule has 1 fully saturated rings. The molecule has 0 aliphatic heterocycles. The van der Waals surface area contributed by atoms with Gasteiger partial charge in [-0.1, -0.05) is 12.8 Å². The molecule has 1 heterocycles. The lowest BCUT2D eigenvalue weighted by Crippen LogP contribution is -2.29. The van der Waals surface area contributed by atoms with Gasteiger partial charge in [-0.2, -0.15) is 0 Å². The highest BCUT2D eigenvalue weighted by molar-refractivity contribution is 5.13. The summed E-state index contributed by atoms with van der Waals surface area (Å²) in [6.45, 7) is 0.829. The quantitative estimate of drug-likeness (QED) is 0.793. The van der Waals surface area contributed by atoms with Crippen molar-refractivity contribution in [1.29, 1.82) is 0 Å². The molecule has 0 spiro atoms. The minimum atomic E-state index is 0.390. The summed E-state index contributed by atoms with van der Waals surface area (Å²) in [4.78, 5) is 4.04. The average molecular weight is 190 g/mol. The predicted molar refractivity (Wildman–Crippen MR) is 57.9 cm³/mol. The SMILES string of the molecule is NCC1(Cc2ccncc2)CCCC1. The van der Waals surface area contributed by atoms with Gasteiger partial charge in [0, 0.05) is 12.4 Å². The molecule has 0 atom stereocenters. The van der Waals surface area contributed by atoms with Gasteiger partial charge in [-0.25, -0.2) is 0 Å². The Kier molecular flexibility index (Phi) is 2.82. The maximum atomic E-state index is 5.90. The second-order valence-electron chi connectivity index (χ2n) is 4.44. The average Bonchev–Trinajstić information content (AvgIpc) is 2.69. The number of nitrogens with two attached hydrogens (primary N) is 1. The summed E-state index contributed by atoms with van der Waals surface area (Å²) in [5.74, 6) is 0. The Morgan fingerprint density at radius 3 is 2.43 bits per heavy atom. The molecule has 1 aromatic heterocycles. The van der Waals surface area contributed by atoms with Crippen molar-refractivity contribution in [3.8, 4) is 0 Å². The minimum Gasteiger partial charge on any atom is -0.330 e. The van der Waals surface area contributed by atoms with Crippen LogP contribution in [0.4, 0.5) is 0 Å². The lowest BCUT2D eigenvalue weighted by molar-refractivity contribution is 0.306. The first-order valence-corrected chi connectivity index (χ1v) is 5.44. The Hall–Kier alpha value is -0.890. The van der Waals surface area contributed by atoms with Gasteiger partial charge >= 0.3 is 0 Å². The van der Waals surface area contributed by atoms with Crippen LogP contribution >= 0.6 is 0 Å². The number of hydrogen-bond donors (Lipinski definition) is 1. The Morgan fingerprint density at radius 1 is 1.21 bits per heavy atom. The molecule has 1 aliphatic carbocycles. The zero-order valence-electron chi connectivity index (χ0n) is 8.58. The van der Waals surface area contributed by atoms with Crippen molar-refractivity contribution >= 4 is 0 Å². The van der Waals surface area contributed by atoms with E-state index in [2.05, 4.69) is 17.1 Å². The molecule has 0 aromatic carbocycles. The maximum Gasteiger partial charge on any atom is 0.0270 e. The Bertz CT molecular complexity index is 276. The fourth-order valence-electron chi connectivity index (χ4n) is 2.51. The third-order valence-corrected chi connectivity index (χ3v) is 3.43. The van der Waals surface area contributed by atoms with Gasteiger partial charge in [-0.15, -0.1) is 0 Å². The highest BCUT2D eigenvalue weighted by atomic mass is 14.6. The maximum absolute atomic E-state index is 5.90. The van der Waals surface area contributed by atoms with E-state index in [0.29, 0.717) is 5.41 Å². The highest BCUT2D eigenvalue weighted by Gasteiger charge is 2.32. The zero-order valence-corrected chi connectivity index (χ0v) is 8.58. The monoisotopic (exact) mass is 190 g/mol. The van der Waals surface area contributed by atoms with Crippen molar-refractivity contribution in [1.82, 2.24) is 4.98 Å². The second-order valence-corrected chi connectivity index (χ2v) is 4.44. The fourth-order valence-corrected chi connectivity index (χ4v) is 2.51. The molecule has 0 bridgehead atoms. The highest BCUT2D eigenvalue weighted by Crippen LogP contribution is 2.39. The van der Waals surface area contributed by atoms with E-state index in [1.807, 2.05) is 12.4 Å². The Labute approximate surface area is 85.5 Å². The molecule has 76 valence electrons. The lowest BCUT2D eigenvalue weighted by atomic mass is 9.80. The number of pyridine rings is 1. The predicted octanol–water partition coefficient (Wildman–Crippen LogP) is 2.14. The molecule has 2 heteroatoms. The van der Waals surface area contributed by atoms with E-state index >= 15 is 0 Å². The van der Waals surface area contributed by atoms with Gasteiger partial charge in [-0.3, -0.25) is 4.98 Å². The Morgan fingerprint density at radius 2 is 1.86 bits per heavy atom. The summed E-state index contributed by atoms with van der Waals surface area (Å²) in [7, 11) is 0. The van der Waals surface area contributed by atoms with Crippen LogP contribution in [0.15, 0.2) is 24.5 Å². The van der Waals surface area contributed by atoms with Crippen LogP contribution in [0.1, 0.15) is 31.2 Å². The number of rotatable bonds is 3. The zero-order chi connectivity index (χ0) is 9.86. The van der Waals surface area contributed by atoms with Crippen LogP contribution in [-0.4, -0.2) is 11.5 Å². The largest absolute Gasteiger partial charge is 0.330 e. The summed E-state index contributed by atoms with van der Waals surface area (Å²) in [6.07, 6.45) is 10.2. The normalized spacial score (nSPS) is 19.8. The first-order chi connectivity index (χ1) is 6.85. The van der Waals surface area contributed by atoms with Gasteiger partial charge in [0.1, 0.15) is 0 Å². The van der Waals surface area contributed by atoms with Crippen molar-refractivity contribution in [2.45, 2.75) is 32.1 Å². The van der Waals surface area contributed by atoms with Crippen LogP contribution in [0.2, 0.25) is 0 Å². The molecular formula is C12H18N2. The first kappa shape index (κ1) is 9.66. The lowest BCUT2D eigenvalue weighted by Gasteiger charge is -2.27. The van der Waals surface area contributed by atoms with E-state index in [9.17, 15) is 0 Å². The molecule has 1 aromatic rings. The standard InChI is InChI=1S/C12H18N2/c13-10-12(5-1-2-6-12)9-11-3-7-14-8-4-11/h3-4,7-8H,1-2,5-6,9-10,13H2. The van der Waals surface area contributed by atoms with Crippen LogP contribution in [0.25, 0.3) is 0 Å². The van der Waals surface area contributed by atoms with E-state index in [0.717, 1.165) is 13.0 Å². The molecular weight excluding hydrogens is 172 g/mol. The van der Waals surface area contributed by atoms with E-state index < -0.39 is 0 Å². The number of hydrogen-bond acceptors (Lipinski definition) is 2. The molecule has 1 saturated carbocycles. The van der Waals surface area contributed by atoms with Crippen LogP contribution in [0.5, 0.6) is 0 Å². The molecule has 2 nitrogen and oxygen atoms in total. The second kappa shape index (κ2) is 4.09. The topological polar surface area (TPSA) is 38.9 Å². The molecule has 2 N–H and O–H groups in total. The summed E-state index contributed by atoms with van der Waals surface area (Å²) < 4.78 is 0. The molecule has 14 heavy (non-hydrogen) atoms. The Balaban J connectivity index is 2.08. The van der Waals surface area contributed by atoms with Gasteiger partial charge in [0.15, 0.2) is 0 Å². The number of aromatic nitrogens is 1. The van der Waals surface area contributed by atoms with Crippen LogP contribution in [-0.2, 0) is 6.42 Å². The van der Waals surface area contributed by atoms with Crippen molar-refractivity contribution in [2.75, 3.05) is 6.54 Å². The third kappa shape index (κ3) is 1.95. The van der Waals surface area contributed by atoms with E-state index in [4.69, 9.17) is 5.73 Å². The van der Waals surface area contributed by atoms with Gasteiger partial charge in [0.25, 0.3) is 0 Å². The molecule has 2 rings (SSSR count). The molecule has 0 saturated heterocycles.